The monoisotopic (exact) mass is 252 g/mol. The second-order valence-corrected chi connectivity index (χ2v) is 4.83. The summed E-state index contributed by atoms with van der Waals surface area (Å²) in [4.78, 5) is 10.9. The van der Waals surface area contributed by atoms with E-state index in [1.54, 1.807) is 0 Å². The van der Waals surface area contributed by atoms with Crippen LogP contribution >= 0.6 is 0 Å². The molecule has 0 aliphatic rings. The molecule has 0 radical (unpaired) electrons. The number of likely N-dealkylation sites (N-methyl/N-ethyl adjacent to an activating group) is 1. The van der Waals surface area contributed by atoms with Gasteiger partial charge in [0.25, 0.3) is 0 Å². The molecule has 0 spiro atoms. The van der Waals surface area contributed by atoms with Crippen molar-refractivity contribution in [1.82, 2.24) is 14.9 Å². The highest BCUT2D eigenvalue weighted by Crippen LogP contribution is 2.13. The summed E-state index contributed by atoms with van der Waals surface area (Å²) in [7, 11) is 4.09. The van der Waals surface area contributed by atoms with Crippen molar-refractivity contribution in [3.8, 4) is 5.88 Å². The number of aryl methyl sites for hydroxylation is 1. The van der Waals surface area contributed by atoms with Crippen LogP contribution in [0, 0.1) is 6.92 Å². The minimum atomic E-state index is 0.292. The lowest BCUT2D eigenvalue weighted by atomic mass is 10.3. The molecular formula is C13H24N4O. The average Bonchev–Trinajstić information content (AvgIpc) is 2.24. The van der Waals surface area contributed by atoms with Crippen LogP contribution in [0.2, 0.25) is 0 Å². The fourth-order valence-corrected chi connectivity index (χ4v) is 1.70. The summed E-state index contributed by atoms with van der Waals surface area (Å²) >= 11 is 0. The normalized spacial score (nSPS) is 12.6. The molecule has 0 amide bonds. The molecule has 0 aliphatic heterocycles. The van der Waals surface area contributed by atoms with Crippen LogP contribution in [0.5, 0.6) is 5.88 Å². The number of rotatable bonds is 7. The Morgan fingerprint density at radius 1 is 1.39 bits per heavy atom. The maximum Gasteiger partial charge on any atom is 0.226 e. The van der Waals surface area contributed by atoms with Crippen LogP contribution in [-0.4, -0.2) is 48.2 Å². The third-order valence-corrected chi connectivity index (χ3v) is 2.30. The van der Waals surface area contributed by atoms with Crippen LogP contribution in [-0.2, 0) is 0 Å². The fraction of sp³-hybridized carbons (Fsp3) is 0.692. The van der Waals surface area contributed by atoms with Gasteiger partial charge in [0.1, 0.15) is 0 Å². The molecule has 18 heavy (non-hydrogen) atoms. The van der Waals surface area contributed by atoms with Gasteiger partial charge in [-0.1, -0.05) is 6.92 Å². The van der Waals surface area contributed by atoms with Gasteiger partial charge in [0.05, 0.1) is 6.61 Å². The van der Waals surface area contributed by atoms with Crippen molar-refractivity contribution in [2.75, 3.05) is 32.6 Å². The molecule has 1 atom stereocenters. The molecule has 1 rings (SSSR count). The summed E-state index contributed by atoms with van der Waals surface area (Å²) in [5.74, 6) is 1.28. The largest absolute Gasteiger partial charge is 0.478 e. The van der Waals surface area contributed by atoms with Crippen LogP contribution in [0.3, 0.4) is 0 Å². The Balaban J connectivity index is 2.67. The van der Waals surface area contributed by atoms with Gasteiger partial charge < -0.3 is 15.0 Å². The summed E-state index contributed by atoms with van der Waals surface area (Å²) in [6.45, 7) is 7.75. The molecule has 0 saturated heterocycles. The van der Waals surface area contributed by atoms with Crippen molar-refractivity contribution in [2.45, 2.75) is 33.2 Å². The lowest BCUT2D eigenvalue weighted by Gasteiger charge is -2.18. The predicted octanol–water partition coefficient (Wildman–Crippen LogP) is 1.94. The van der Waals surface area contributed by atoms with Crippen molar-refractivity contribution < 1.29 is 4.74 Å². The summed E-state index contributed by atoms with van der Waals surface area (Å²) in [5, 5.41) is 3.29. The van der Waals surface area contributed by atoms with Crippen LogP contribution in [0.15, 0.2) is 6.07 Å². The van der Waals surface area contributed by atoms with Gasteiger partial charge in [-0.25, -0.2) is 4.98 Å². The number of aromatic nitrogens is 2. The van der Waals surface area contributed by atoms with Crippen LogP contribution in [0.25, 0.3) is 0 Å². The van der Waals surface area contributed by atoms with Crippen LogP contribution in [0.4, 0.5) is 5.95 Å². The van der Waals surface area contributed by atoms with Crippen LogP contribution < -0.4 is 10.1 Å². The third-order valence-electron chi connectivity index (χ3n) is 2.30. The first-order chi connectivity index (χ1) is 8.51. The second kappa shape index (κ2) is 7.16. The van der Waals surface area contributed by atoms with Crippen molar-refractivity contribution in [1.29, 1.82) is 0 Å². The van der Waals surface area contributed by atoms with Gasteiger partial charge in [0.15, 0.2) is 0 Å². The highest BCUT2D eigenvalue weighted by atomic mass is 16.5. The Bertz CT molecular complexity index is 368. The summed E-state index contributed by atoms with van der Waals surface area (Å²) in [6, 6.07) is 2.15. The molecule has 1 aromatic rings. The summed E-state index contributed by atoms with van der Waals surface area (Å²) in [5.41, 5.74) is 0.913. The number of ether oxygens (including phenoxy) is 1. The molecule has 0 aliphatic carbocycles. The highest BCUT2D eigenvalue weighted by molar-refractivity contribution is 5.31. The first-order valence-electron chi connectivity index (χ1n) is 6.41. The molecule has 102 valence electrons. The van der Waals surface area contributed by atoms with Gasteiger partial charge in [-0.15, -0.1) is 0 Å². The maximum atomic E-state index is 5.54. The average molecular weight is 252 g/mol. The van der Waals surface area contributed by atoms with E-state index < -0.39 is 0 Å². The third kappa shape index (κ3) is 5.31. The Morgan fingerprint density at radius 2 is 2.11 bits per heavy atom. The van der Waals surface area contributed by atoms with Crippen molar-refractivity contribution in [2.24, 2.45) is 0 Å². The topological polar surface area (TPSA) is 50.3 Å². The van der Waals surface area contributed by atoms with E-state index in [0.717, 1.165) is 18.7 Å². The predicted molar refractivity (Wildman–Crippen MR) is 74.2 cm³/mol. The molecule has 5 nitrogen and oxygen atoms in total. The standard InChI is InChI=1S/C13H24N4O/c1-6-7-18-12-8-10(2)14-13(16-12)15-11(3)9-17(4)5/h8,11H,6-7,9H2,1-5H3,(H,14,15,16). The Hall–Kier alpha value is -1.36. The minimum Gasteiger partial charge on any atom is -0.478 e. The molecule has 1 N–H and O–H groups in total. The minimum absolute atomic E-state index is 0.292. The Kier molecular flexibility index (Phi) is 5.85. The van der Waals surface area contributed by atoms with E-state index >= 15 is 0 Å². The molecule has 1 aromatic heterocycles. The molecular weight excluding hydrogens is 228 g/mol. The molecule has 1 unspecified atom stereocenters. The van der Waals surface area contributed by atoms with E-state index in [9.17, 15) is 0 Å². The smallest absolute Gasteiger partial charge is 0.226 e. The SMILES string of the molecule is CCCOc1cc(C)nc(NC(C)CN(C)C)n1. The van der Waals surface area contributed by atoms with Crippen molar-refractivity contribution in [3.05, 3.63) is 11.8 Å². The van der Waals surface area contributed by atoms with Gasteiger partial charge in [-0.2, -0.15) is 4.98 Å². The zero-order chi connectivity index (χ0) is 13.5. The van der Waals surface area contributed by atoms with Gasteiger partial charge >= 0.3 is 0 Å². The van der Waals surface area contributed by atoms with Gasteiger partial charge in [-0.05, 0) is 34.4 Å². The molecule has 0 bridgehead atoms. The number of nitrogens with one attached hydrogen (secondary N) is 1. The number of anilines is 1. The van der Waals surface area contributed by atoms with E-state index in [2.05, 4.69) is 34.0 Å². The lowest BCUT2D eigenvalue weighted by Crippen LogP contribution is -2.30. The molecule has 0 saturated carbocycles. The summed E-state index contributed by atoms with van der Waals surface area (Å²) in [6.07, 6.45) is 0.975. The number of hydrogen-bond acceptors (Lipinski definition) is 5. The second-order valence-electron chi connectivity index (χ2n) is 4.83. The number of nitrogens with zero attached hydrogens (tertiary/aromatic N) is 3. The van der Waals surface area contributed by atoms with E-state index in [0.29, 0.717) is 24.5 Å². The highest BCUT2D eigenvalue weighted by Gasteiger charge is 2.07. The zero-order valence-corrected chi connectivity index (χ0v) is 12.0. The Labute approximate surface area is 110 Å². The van der Waals surface area contributed by atoms with Crippen molar-refractivity contribution >= 4 is 5.95 Å². The van der Waals surface area contributed by atoms with Gasteiger partial charge in [0.2, 0.25) is 11.8 Å². The van der Waals surface area contributed by atoms with Crippen molar-refractivity contribution in [3.63, 3.8) is 0 Å². The Morgan fingerprint density at radius 3 is 2.72 bits per heavy atom. The fourth-order valence-electron chi connectivity index (χ4n) is 1.70. The molecule has 0 fully saturated rings. The first-order valence-corrected chi connectivity index (χ1v) is 6.41. The van der Waals surface area contributed by atoms with E-state index in [1.165, 1.54) is 0 Å². The van der Waals surface area contributed by atoms with Gasteiger partial charge in [0, 0.05) is 24.3 Å². The molecule has 0 aromatic carbocycles. The maximum absolute atomic E-state index is 5.54. The number of hydrogen-bond donors (Lipinski definition) is 1. The lowest BCUT2D eigenvalue weighted by molar-refractivity contribution is 0.304. The first kappa shape index (κ1) is 14.7. The van der Waals surface area contributed by atoms with E-state index in [-0.39, 0.29) is 0 Å². The summed E-state index contributed by atoms with van der Waals surface area (Å²) < 4.78 is 5.54. The van der Waals surface area contributed by atoms with E-state index in [4.69, 9.17) is 4.74 Å². The molecule has 1 heterocycles. The van der Waals surface area contributed by atoms with E-state index in [1.807, 2.05) is 27.1 Å². The quantitative estimate of drug-likeness (QED) is 0.803. The van der Waals surface area contributed by atoms with Gasteiger partial charge in [-0.3, -0.25) is 0 Å². The molecule has 5 heteroatoms. The zero-order valence-electron chi connectivity index (χ0n) is 12.0. The van der Waals surface area contributed by atoms with Crippen LogP contribution in [0.1, 0.15) is 26.0 Å².